The number of phenolic OH excluding ortho intramolecular Hbond substituents is 1. The third kappa shape index (κ3) is 3.83. The summed E-state index contributed by atoms with van der Waals surface area (Å²) in [6, 6.07) is 15.0. The molecule has 3 nitrogen and oxygen atoms in total. The fourth-order valence-electron chi connectivity index (χ4n) is 2.10. The molecule has 3 rings (SSSR count). The molecule has 0 spiro atoms. The number of nitrogens with one attached hydrogen (secondary N) is 1. The number of aromatic hydroxyl groups is 1. The minimum atomic E-state index is -0.116. The third-order valence-corrected chi connectivity index (χ3v) is 4.38. The van der Waals surface area contributed by atoms with Gasteiger partial charge in [-0.3, -0.25) is 0 Å². The first kappa shape index (κ1) is 16.2. The highest BCUT2D eigenvalue weighted by atomic mass is 79.9. The van der Waals surface area contributed by atoms with Crippen molar-refractivity contribution in [3.63, 3.8) is 0 Å². The van der Waals surface area contributed by atoms with Gasteiger partial charge in [-0.2, -0.15) is 0 Å². The second kappa shape index (κ2) is 6.87. The zero-order valence-corrected chi connectivity index (χ0v) is 14.9. The molecule has 6 heteroatoms. The van der Waals surface area contributed by atoms with Crippen LogP contribution in [0.5, 0.6) is 5.75 Å². The van der Waals surface area contributed by atoms with Crippen LogP contribution in [-0.2, 0) is 6.54 Å². The molecule has 0 radical (unpaired) electrons. The largest absolute Gasteiger partial charge is 0.505 e. The van der Waals surface area contributed by atoms with Gasteiger partial charge >= 0.3 is 0 Å². The van der Waals surface area contributed by atoms with Gasteiger partial charge in [0.1, 0.15) is 11.5 Å². The summed E-state index contributed by atoms with van der Waals surface area (Å²) >= 11 is 15.2. The van der Waals surface area contributed by atoms with Crippen molar-refractivity contribution in [1.29, 1.82) is 0 Å². The van der Waals surface area contributed by atoms with Crippen molar-refractivity contribution in [2.24, 2.45) is 0 Å². The Balaban J connectivity index is 1.71. The summed E-state index contributed by atoms with van der Waals surface area (Å²) in [5.41, 5.74) is 1.72. The predicted molar refractivity (Wildman–Crippen MR) is 97.3 cm³/mol. The molecule has 23 heavy (non-hydrogen) atoms. The van der Waals surface area contributed by atoms with Crippen LogP contribution in [0.1, 0.15) is 5.76 Å². The second-order valence-corrected chi connectivity index (χ2v) is 6.64. The fraction of sp³-hybridized carbons (Fsp3) is 0.0588. The number of furan rings is 1. The lowest BCUT2D eigenvalue weighted by atomic mass is 10.2. The summed E-state index contributed by atoms with van der Waals surface area (Å²) in [5, 5.41) is 13.1. The minimum absolute atomic E-state index is 0.116. The quantitative estimate of drug-likeness (QED) is 0.492. The van der Waals surface area contributed by atoms with Gasteiger partial charge < -0.3 is 14.8 Å². The lowest BCUT2D eigenvalue weighted by molar-refractivity contribution is 0.476. The Kier molecular flexibility index (Phi) is 4.85. The lowest BCUT2D eigenvalue weighted by Gasteiger charge is -2.07. The predicted octanol–water partition coefficient (Wildman–Crippen LogP) is 6.33. The third-order valence-electron chi connectivity index (χ3n) is 3.27. The second-order valence-electron chi connectivity index (χ2n) is 4.91. The summed E-state index contributed by atoms with van der Waals surface area (Å²) in [5.74, 6) is 1.47. The molecule has 3 aromatic rings. The van der Waals surface area contributed by atoms with E-state index in [4.69, 9.17) is 27.6 Å². The van der Waals surface area contributed by atoms with E-state index in [1.54, 1.807) is 12.1 Å². The molecule has 0 aliphatic heterocycles. The van der Waals surface area contributed by atoms with E-state index >= 15 is 0 Å². The van der Waals surface area contributed by atoms with Crippen LogP contribution in [0, 0.1) is 0 Å². The Bertz CT molecular complexity index is 808. The minimum Gasteiger partial charge on any atom is -0.505 e. The summed E-state index contributed by atoms with van der Waals surface area (Å²) in [6.07, 6.45) is 0. The highest BCUT2D eigenvalue weighted by molar-refractivity contribution is 9.10. The molecular formula is C17H12BrCl2NO2. The van der Waals surface area contributed by atoms with E-state index in [9.17, 15) is 5.11 Å². The van der Waals surface area contributed by atoms with Gasteiger partial charge in [0.15, 0.2) is 5.75 Å². The average Bonchev–Trinajstić information content (AvgIpc) is 3.00. The number of halogens is 3. The van der Waals surface area contributed by atoms with Crippen molar-refractivity contribution < 1.29 is 9.52 Å². The highest BCUT2D eigenvalue weighted by Gasteiger charge is 2.08. The maximum Gasteiger partial charge on any atom is 0.152 e. The van der Waals surface area contributed by atoms with Crippen LogP contribution in [-0.4, -0.2) is 5.11 Å². The van der Waals surface area contributed by atoms with E-state index in [1.165, 1.54) is 0 Å². The molecule has 0 bridgehead atoms. The monoisotopic (exact) mass is 411 g/mol. The van der Waals surface area contributed by atoms with Gasteiger partial charge in [-0.15, -0.1) is 0 Å². The SMILES string of the molecule is Oc1c(Cl)cc(NCc2ccc(-c3ccc(Br)cc3)o2)cc1Cl. The van der Waals surface area contributed by atoms with Crippen LogP contribution < -0.4 is 5.32 Å². The van der Waals surface area contributed by atoms with E-state index in [2.05, 4.69) is 21.2 Å². The Morgan fingerprint density at radius 2 is 1.65 bits per heavy atom. The molecule has 2 N–H and O–H groups in total. The van der Waals surface area contributed by atoms with Crippen molar-refractivity contribution in [3.8, 4) is 17.1 Å². The summed E-state index contributed by atoms with van der Waals surface area (Å²) in [4.78, 5) is 0. The van der Waals surface area contributed by atoms with Gasteiger partial charge in [-0.25, -0.2) is 0 Å². The number of rotatable bonds is 4. The van der Waals surface area contributed by atoms with Gasteiger partial charge in [0.05, 0.1) is 16.6 Å². The molecule has 0 atom stereocenters. The molecule has 1 aromatic heterocycles. The summed E-state index contributed by atoms with van der Waals surface area (Å²) in [7, 11) is 0. The first-order chi connectivity index (χ1) is 11.0. The van der Waals surface area contributed by atoms with Crippen LogP contribution in [0.3, 0.4) is 0 Å². The highest BCUT2D eigenvalue weighted by Crippen LogP contribution is 2.34. The van der Waals surface area contributed by atoms with Crippen LogP contribution in [0.15, 0.2) is 57.4 Å². The van der Waals surface area contributed by atoms with E-state index in [-0.39, 0.29) is 15.8 Å². The first-order valence-corrected chi connectivity index (χ1v) is 8.34. The smallest absolute Gasteiger partial charge is 0.152 e. The van der Waals surface area contributed by atoms with Gasteiger partial charge in [-0.05, 0) is 36.4 Å². The van der Waals surface area contributed by atoms with Crippen molar-refractivity contribution in [1.82, 2.24) is 0 Å². The fourth-order valence-corrected chi connectivity index (χ4v) is 2.85. The molecule has 1 heterocycles. The Morgan fingerprint density at radius 1 is 1.00 bits per heavy atom. The maximum absolute atomic E-state index is 9.55. The van der Waals surface area contributed by atoms with E-state index < -0.39 is 0 Å². The lowest BCUT2D eigenvalue weighted by Crippen LogP contribution is -1.98. The number of hydrogen-bond donors (Lipinski definition) is 2. The topological polar surface area (TPSA) is 45.4 Å². The summed E-state index contributed by atoms with van der Waals surface area (Å²) in [6.45, 7) is 0.480. The van der Waals surface area contributed by atoms with Crippen molar-refractivity contribution in [2.75, 3.05) is 5.32 Å². The molecule has 0 saturated carbocycles. The van der Waals surface area contributed by atoms with E-state index in [0.29, 0.717) is 12.2 Å². The molecule has 2 aromatic carbocycles. The van der Waals surface area contributed by atoms with Crippen molar-refractivity contribution in [2.45, 2.75) is 6.54 Å². The molecule has 118 valence electrons. The molecule has 0 fully saturated rings. The van der Waals surface area contributed by atoms with Gasteiger partial charge in [0, 0.05) is 15.7 Å². The molecule has 0 amide bonds. The number of phenols is 1. The Hall–Kier alpha value is -1.62. The zero-order chi connectivity index (χ0) is 16.4. The molecule has 0 saturated heterocycles. The Morgan fingerprint density at radius 3 is 2.30 bits per heavy atom. The molecule has 0 aliphatic carbocycles. The molecular weight excluding hydrogens is 401 g/mol. The summed E-state index contributed by atoms with van der Waals surface area (Å²) < 4.78 is 6.85. The standard InChI is InChI=1S/C17H12BrCl2NO2/c18-11-3-1-10(2-4-11)16-6-5-13(23-16)9-21-12-7-14(19)17(22)15(20)8-12/h1-8,21-22H,9H2. The average molecular weight is 413 g/mol. The van der Waals surface area contributed by atoms with Crippen molar-refractivity contribution in [3.05, 3.63) is 68.8 Å². The van der Waals surface area contributed by atoms with Crippen LogP contribution in [0.4, 0.5) is 5.69 Å². The van der Waals surface area contributed by atoms with Crippen LogP contribution in [0.25, 0.3) is 11.3 Å². The van der Waals surface area contributed by atoms with E-state index in [1.807, 2.05) is 36.4 Å². The maximum atomic E-state index is 9.55. The number of anilines is 1. The first-order valence-electron chi connectivity index (χ1n) is 6.79. The van der Waals surface area contributed by atoms with Crippen LogP contribution >= 0.6 is 39.1 Å². The van der Waals surface area contributed by atoms with E-state index in [0.717, 1.165) is 21.6 Å². The van der Waals surface area contributed by atoms with Crippen molar-refractivity contribution >= 4 is 44.8 Å². The number of benzene rings is 2. The zero-order valence-electron chi connectivity index (χ0n) is 11.8. The number of hydrogen-bond acceptors (Lipinski definition) is 3. The van der Waals surface area contributed by atoms with Gasteiger partial charge in [-0.1, -0.05) is 51.3 Å². The Labute approximate surface area is 152 Å². The normalized spacial score (nSPS) is 10.7. The molecule has 0 unspecified atom stereocenters. The molecule has 0 aliphatic rings. The van der Waals surface area contributed by atoms with Gasteiger partial charge in [0.2, 0.25) is 0 Å². The van der Waals surface area contributed by atoms with Crippen LogP contribution in [0.2, 0.25) is 10.0 Å². The van der Waals surface area contributed by atoms with Gasteiger partial charge in [0.25, 0.3) is 0 Å².